The predicted molar refractivity (Wildman–Crippen MR) is 76.6 cm³/mol. The van der Waals surface area contributed by atoms with Crippen LogP contribution in [0.15, 0.2) is 23.1 Å². The topological polar surface area (TPSA) is 37.4 Å². The minimum absolute atomic E-state index is 0.162. The summed E-state index contributed by atoms with van der Waals surface area (Å²) in [7, 11) is -3.77. The number of sulfonamides is 1. The molecule has 0 aromatic heterocycles. The molecule has 0 aliphatic carbocycles. The van der Waals surface area contributed by atoms with Gasteiger partial charge in [-0.25, -0.2) is 12.8 Å². The number of benzene rings is 1. The van der Waals surface area contributed by atoms with Gasteiger partial charge in [-0.2, -0.15) is 16.1 Å². The molecule has 1 aliphatic heterocycles. The largest absolute Gasteiger partial charge is 0.246 e. The van der Waals surface area contributed by atoms with Gasteiger partial charge < -0.3 is 0 Å². The maximum Gasteiger partial charge on any atom is 0.246 e. The molecule has 1 heterocycles. The average Bonchev–Trinajstić information content (AvgIpc) is 2.39. The second-order valence-corrected chi connectivity index (χ2v) is 8.16. The molecule has 0 bridgehead atoms. The van der Waals surface area contributed by atoms with Crippen molar-refractivity contribution in [1.29, 1.82) is 0 Å². The van der Waals surface area contributed by atoms with Gasteiger partial charge >= 0.3 is 0 Å². The Morgan fingerprint density at radius 3 is 2.89 bits per heavy atom. The summed E-state index contributed by atoms with van der Waals surface area (Å²) in [6.07, 6.45) is 0. The summed E-state index contributed by atoms with van der Waals surface area (Å²) >= 11 is 7.40. The number of hydrogen-bond donors (Lipinski definition) is 0. The molecule has 0 saturated carbocycles. The first kappa shape index (κ1) is 15.1. The fraction of sp³-hybridized carbons (Fsp3) is 0.500. The molecule has 0 amide bonds. The SMILES string of the molecule is CC1CN(S(=O)(=O)c2cc(CCl)ccc2F)CCS1. The van der Waals surface area contributed by atoms with Crippen molar-refractivity contribution in [2.75, 3.05) is 18.8 Å². The van der Waals surface area contributed by atoms with Gasteiger partial charge in [0.05, 0.1) is 0 Å². The zero-order valence-electron chi connectivity index (χ0n) is 10.5. The molecule has 1 aromatic carbocycles. The lowest BCUT2D eigenvalue weighted by Gasteiger charge is -2.29. The maximum atomic E-state index is 13.8. The molecule has 0 spiro atoms. The number of rotatable bonds is 3. The van der Waals surface area contributed by atoms with Gasteiger partial charge in [0.15, 0.2) is 0 Å². The minimum Gasteiger partial charge on any atom is -0.207 e. The summed E-state index contributed by atoms with van der Waals surface area (Å²) in [5, 5.41) is 0.225. The molecule has 1 unspecified atom stereocenters. The molecular weight excluding hydrogens is 309 g/mol. The Morgan fingerprint density at radius 2 is 2.26 bits per heavy atom. The second-order valence-electron chi connectivity index (χ2n) is 4.44. The first-order valence-corrected chi connectivity index (χ1v) is 8.93. The zero-order valence-corrected chi connectivity index (χ0v) is 12.9. The van der Waals surface area contributed by atoms with Crippen molar-refractivity contribution >= 4 is 33.4 Å². The van der Waals surface area contributed by atoms with Gasteiger partial charge in [-0.05, 0) is 17.7 Å². The third-order valence-corrected chi connectivity index (χ3v) is 6.30. The van der Waals surface area contributed by atoms with Crippen LogP contribution in [0, 0.1) is 5.82 Å². The van der Waals surface area contributed by atoms with Gasteiger partial charge in [0, 0.05) is 30.0 Å². The molecule has 2 rings (SSSR count). The minimum atomic E-state index is -3.77. The first-order chi connectivity index (χ1) is 8.95. The fourth-order valence-corrected chi connectivity index (χ4v) is 5.01. The Bertz CT molecular complexity index is 565. The summed E-state index contributed by atoms with van der Waals surface area (Å²) in [6.45, 7) is 2.80. The number of nitrogens with zero attached hydrogens (tertiary/aromatic N) is 1. The zero-order chi connectivity index (χ0) is 14.0. The molecule has 1 aromatic rings. The van der Waals surface area contributed by atoms with E-state index in [1.807, 2.05) is 6.92 Å². The Hall–Kier alpha value is -0.300. The highest BCUT2D eigenvalue weighted by Crippen LogP contribution is 2.26. The van der Waals surface area contributed by atoms with E-state index < -0.39 is 15.8 Å². The van der Waals surface area contributed by atoms with Crippen LogP contribution in [0.1, 0.15) is 12.5 Å². The van der Waals surface area contributed by atoms with E-state index in [0.29, 0.717) is 18.7 Å². The first-order valence-electron chi connectivity index (χ1n) is 5.91. The van der Waals surface area contributed by atoms with Crippen molar-refractivity contribution in [3.63, 3.8) is 0 Å². The quantitative estimate of drug-likeness (QED) is 0.803. The van der Waals surface area contributed by atoms with E-state index in [2.05, 4.69) is 0 Å². The molecule has 1 aliphatic rings. The average molecular weight is 324 g/mol. The normalized spacial score (nSPS) is 21.5. The van der Waals surface area contributed by atoms with E-state index in [1.165, 1.54) is 16.4 Å². The monoisotopic (exact) mass is 323 g/mol. The maximum absolute atomic E-state index is 13.8. The predicted octanol–water partition coefficient (Wildman–Crippen LogP) is 2.69. The van der Waals surface area contributed by atoms with Crippen LogP contribution in [0.3, 0.4) is 0 Å². The van der Waals surface area contributed by atoms with E-state index in [0.717, 1.165) is 11.8 Å². The van der Waals surface area contributed by atoms with Gasteiger partial charge in [0.1, 0.15) is 10.7 Å². The van der Waals surface area contributed by atoms with Gasteiger partial charge in [0.25, 0.3) is 0 Å². The molecular formula is C12H15ClFNO2S2. The molecule has 1 fully saturated rings. The number of halogens is 2. The summed E-state index contributed by atoms with van der Waals surface area (Å²) in [5.74, 6) is 0.173. The van der Waals surface area contributed by atoms with Crippen LogP contribution in [0.25, 0.3) is 0 Å². The van der Waals surface area contributed by atoms with Crippen LogP contribution in [-0.4, -0.2) is 36.8 Å². The molecule has 106 valence electrons. The number of alkyl halides is 1. The molecule has 0 radical (unpaired) electrons. The van der Waals surface area contributed by atoms with E-state index in [4.69, 9.17) is 11.6 Å². The van der Waals surface area contributed by atoms with Crippen LogP contribution < -0.4 is 0 Å². The highest BCUT2D eigenvalue weighted by Gasteiger charge is 2.31. The van der Waals surface area contributed by atoms with Crippen LogP contribution >= 0.6 is 23.4 Å². The van der Waals surface area contributed by atoms with Crippen molar-refractivity contribution in [3.05, 3.63) is 29.6 Å². The fourth-order valence-electron chi connectivity index (χ4n) is 1.97. The molecule has 3 nitrogen and oxygen atoms in total. The van der Waals surface area contributed by atoms with Gasteiger partial charge in [-0.1, -0.05) is 13.0 Å². The molecule has 19 heavy (non-hydrogen) atoms. The van der Waals surface area contributed by atoms with Gasteiger partial charge in [-0.15, -0.1) is 11.6 Å². The van der Waals surface area contributed by atoms with Crippen LogP contribution in [0.2, 0.25) is 0 Å². The number of thioether (sulfide) groups is 1. The van der Waals surface area contributed by atoms with Crippen molar-refractivity contribution in [2.24, 2.45) is 0 Å². The Kier molecular flexibility index (Phi) is 4.76. The number of hydrogen-bond acceptors (Lipinski definition) is 3. The lowest BCUT2D eigenvalue weighted by atomic mass is 10.2. The highest BCUT2D eigenvalue weighted by atomic mass is 35.5. The van der Waals surface area contributed by atoms with Crippen molar-refractivity contribution in [1.82, 2.24) is 4.31 Å². The van der Waals surface area contributed by atoms with E-state index in [-0.39, 0.29) is 16.0 Å². The standard InChI is InChI=1S/C12H15ClFNO2S2/c1-9-8-15(4-5-18-9)19(16,17)12-6-10(7-13)2-3-11(12)14/h2-3,6,9H,4-5,7-8H2,1H3. The lowest BCUT2D eigenvalue weighted by Crippen LogP contribution is -2.41. The third kappa shape index (κ3) is 3.24. The van der Waals surface area contributed by atoms with Gasteiger partial charge in [-0.3, -0.25) is 0 Å². The Morgan fingerprint density at radius 1 is 1.53 bits per heavy atom. The summed E-state index contributed by atoms with van der Waals surface area (Å²) in [4.78, 5) is -0.273. The second kappa shape index (κ2) is 5.99. The van der Waals surface area contributed by atoms with Crippen molar-refractivity contribution in [2.45, 2.75) is 22.9 Å². The van der Waals surface area contributed by atoms with Crippen LogP contribution in [0.4, 0.5) is 4.39 Å². The summed E-state index contributed by atoms with van der Waals surface area (Å²) < 4.78 is 40.1. The highest BCUT2D eigenvalue weighted by molar-refractivity contribution is 8.00. The molecule has 0 N–H and O–H groups in total. The van der Waals surface area contributed by atoms with E-state index in [1.54, 1.807) is 11.8 Å². The molecule has 1 atom stereocenters. The third-order valence-electron chi connectivity index (χ3n) is 2.97. The van der Waals surface area contributed by atoms with Crippen molar-refractivity contribution in [3.8, 4) is 0 Å². The van der Waals surface area contributed by atoms with E-state index >= 15 is 0 Å². The van der Waals surface area contributed by atoms with Crippen molar-refractivity contribution < 1.29 is 12.8 Å². The lowest BCUT2D eigenvalue weighted by molar-refractivity contribution is 0.420. The van der Waals surface area contributed by atoms with Gasteiger partial charge in [0.2, 0.25) is 10.0 Å². The summed E-state index contributed by atoms with van der Waals surface area (Å²) in [5.41, 5.74) is 0.598. The molecule has 7 heteroatoms. The smallest absolute Gasteiger partial charge is 0.207 e. The van der Waals surface area contributed by atoms with Crippen LogP contribution in [0.5, 0.6) is 0 Å². The Labute approximate surface area is 122 Å². The molecule has 1 saturated heterocycles. The van der Waals surface area contributed by atoms with E-state index in [9.17, 15) is 12.8 Å². The van der Waals surface area contributed by atoms with Crippen LogP contribution in [-0.2, 0) is 15.9 Å². The summed E-state index contributed by atoms with van der Waals surface area (Å²) in [6, 6.07) is 3.98. The Balaban J connectivity index is 2.38.